The molecule has 0 heterocycles. The molecular weight excluding hydrogens is 370 g/mol. The first-order chi connectivity index (χ1) is 14.7. The second-order valence-electron chi connectivity index (χ2n) is 7.39. The number of fused-ring (bicyclic) bond motifs is 1. The zero-order valence-electron chi connectivity index (χ0n) is 16.2. The lowest BCUT2D eigenvalue weighted by Crippen LogP contribution is -2.01. The van der Waals surface area contributed by atoms with Gasteiger partial charge in [0.2, 0.25) is 0 Å². The van der Waals surface area contributed by atoms with E-state index in [1.807, 2.05) is 36.4 Å². The number of hydrogen-bond acceptors (Lipinski definition) is 2. The van der Waals surface area contributed by atoms with Crippen LogP contribution in [0.2, 0.25) is 0 Å². The van der Waals surface area contributed by atoms with Crippen molar-refractivity contribution in [3.63, 3.8) is 0 Å². The van der Waals surface area contributed by atoms with Gasteiger partial charge in [-0.15, -0.1) is 0 Å². The minimum absolute atomic E-state index is 0.0686. The van der Waals surface area contributed by atoms with E-state index in [1.165, 1.54) is 27.8 Å². The predicted molar refractivity (Wildman–Crippen MR) is 120 cm³/mol. The van der Waals surface area contributed by atoms with Gasteiger partial charge in [-0.2, -0.15) is 0 Å². The highest BCUT2D eigenvalue weighted by molar-refractivity contribution is 6.06. The number of non-ortho nitro benzene ring substituents is 1. The van der Waals surface area contributed by atoms with E-state index >= 15 is 0 Å². The molecule has 0 saturated heterocycles. The van der Waals surface area contributed by atoms with E-state index in [-0.39, 0.29) is 16.5 Å². The van der Waals surface area contributed by atoms with Crippen LogP contribution >= 0.6 is 0 Å². The monoisotopic (exact) mass is 389 g/mol. The molecule has 1 aliphatic carbocycles. The smallest absolute Gasteiger partial charge is 0.258 e. The van der Waals surface area contributed by atoms with Gasteiger partial charge < -0.3 is 0 Å². The van der Waals surface area contributed by atoms with Gasteiger partial charge in [-0.05, 0) is 51.1 Å². The summed E-state index contributed by atoms with van der Waals surface area (Å²) in [5.74, 6) is 0.0686. The molecule has 0 amide bonds. The summed E-state index contributed by atoms with van der Waals surface area (Å²) in [4.78, 5) is 10.8. The van der Waals surface area contributed by atoms with Crippen molar-refractivity contribution in [1.29, 1.82) is 0 Å². The van der Waals surface area contributed by atoms with Crippen molar-refractivity contribution in [1.82, 2.24) is 0 Å². The average Bonchev–Trinajstić information content (AvgIpc) is 3.15. The summed E-state index contributed by atoms with van der Waals surface area (Å²) in [5, 5.41) is 11.2. The summed E-state index contributed by atoms with van der Waals surface area (Å²) in [6, 6.07) is 36.3. The van der Waals surface area contributed by atoms with Gasteiger partial charge in [0.25, 0.3) is 5.69 Å². The zero-order chi connectivity index (χ0) is 20.5. The normalized spacial score (nSPS) is 15.1. The topological polar surface area (TPSA) is 43.1 Å². The lowest BCUT2D eigenvalue weighted by molar-refractivity contribution is -0.384. The van der Waals surface area contributed by atoms with Crippen molar-refractivity contribution < 1.29 is 4.92 Å². The van der Waals surface area contributed by atoms with Crippen molar-refractivity contribution in [2.75, 3.05) is 0 Å². The third-order valence-corrected chi connectivity index (χ3v) is 5.68. The summed E-state index contributed by atoms with van der Waals surface area (Å²) in [6.07, 6.45) is 0. The fourth-order valence-corrected chi connectivity index (χ4v) is 4.40. The molecule has 0 aromatic heterocycles. The van der Waals surface area contributed by atoms with E-state index in [0.29, 0.717) is 0 Å². The number of nitrogens with zero attached hydrogens (tertiary/aromatic N) is 1. The van der Waals surface area contributed by atoms with Crippen LogP contribution in [-0.4, -0.2) is 4.92 Å². The van der Waals surface area contributed by atoms with Gasteiger partial charge >= 0.3 is 0 Å². The third kappa shape index (κ3) is 3.01. The molecule has 0 fully saturated rings. The van der Waals surface area contributed by atoms with Crippen molar-refractivity contribution >= 4 is 16.8 Å². The van der Waals surface area contributed by atoms with Gasteiger partial charge in [0.05, 0.1) is 4.92 Å². The Labute approximate surface area is 175 Å². The van der Waals surface area contributed by atoms with Crippen LogP contribution in [0.4, 0.5) is 5.69 Å². The molecule has 4 aromatic carbocycles. The molecule has 144 valence electrons. The quantitative estimate of drug-likeness (QED) is 0.288. The Balaban J connectivity index is 1.81. The molecule has 3 heteroatoms. The first-order valence-corrected chi connectivity index (χ1v) is 9.92. The maximum Gasteiger partial charge on any atom is 0.269 e. The highest BCUT2D eigenvalue weighted by Crippen LogP contribution is 2.52. The molecule has 1 atom stereocenters. The van der Waals surface area contributed by atoms with Gasteiger partial charge in [-0.25, -0.2) is 0 Å². The van der Waals surface area contributed by atoms with Gasteiger partial charge in [0.15, 0.2) is 0 Å². The first-order valence-electron chi connectivity index (χ1n) is 9.92. The SMILES string of the molecule is O=[N+]([O-])c1ccc(C2=C(c3ccccc3)c3ccccc3C2c2ccccc2)cc1. The minimum Gasteiger partial charge on any atom is -0.258 e. The highest BCUT2D eigenvalue weighted by Gasteiger charge is 2.33. The van der Waals surface area contributed by atoms with E-state index in [2.05, 4.69) is 60.7 Å². The molecule has 0 spiro atoms. The fourth-order valence-electron chi connectivity index (χ4n) is 4.40. The Morgan fingerprint density at radius 1 is 0.633 bits per heavy atom. The van der Waals surface area contributed by atoms with Crippen LogP contribution in [0.25, 0.3) is 11.1 Å². The van der Waals surface area contributed by atoms with Crippen molar-refractivity contribution in [2.24, 2.45) is 0 Å². The van der Waals surface area contributed by atoms with Crippen molar-refractivity contribution in [2.45, 2.75) is 5.92 Å². The summed E-state index contributed by atoms with van der Waals surface area (Å²) >= 11 is 0. The average molecular weight is 389 g/mol. The van der Waals surface area contributed by atoms with Crippen LogP contribution in [0.3, 0.4) is 0 Å². The molecular formula is C27H19NO2. The van der Waals surface area contributed by atoms with E-state index in [1.54, 1.807) is 12.1 Å². The Kier molecular flexibility index (Phi) is 4.49. The lowest BCUT2D eigenvalue weighted by atomic mass is 9.84. The third-order valence-electron chi connectivity index (χ3n) is 5.68. The molecule has 0 aliphatic heterocycles. The van der Waals surface area contributed by atoms with Crippen LogP contribution in [0.15, 0.2) is 109 Å². The molecule has 1 aliphatic rings. The number of rotatable bonds is 4. The van der Waals surface area contributed by atoms with Gasteiger partial charge in [-0.3, -0.25) is 10.1 Å². The fraction of sp³-hybridized carbons (Fsp3) is 0.0370. The number of nitro benzene ring substituents is 1. The molecule has 5 rings (SSSR count). The lowest BCUT2D eigenvalue weighted by Gasteiger charge is -2.18. The van der Waals surface area contributed by atoms with Crippen molar-refractivity contribution in [3.05, 3.63) is 147 Å². The Bertz CT molecular complexity index is 1240. The Morgan fingerprint density at radius 3 is 1.90 bits per heavy atom. The Morgan fingerprint density at radius 2 is 1.23 bits per heavy atom. The van der Waals surface area contributed by atoms with Gasteiger partial charge in [-0.1, -0.05) is 84.9 Å². The van der Waals surface area contributed by atoms with Gasteiger partial charge in [0.1, 0.15) is 0 Å². The second-order valence-corrected chi connectivity index (χ2v) is 7.39. The maximum atomic E-state index is 11.2. The number of benzene rings is 4. The van der Waals surface area contributed by atoms with E-state index in [4.69, 9.17) is 0 Å². The van der Waals surface area contributed by atoms with Crippen LogP contribution in [0, 0.1) is 10.1 Å². The van der Waals surface area contributed by atoms with E-state index < -0.39 is 0 Å². The van der Waals surface area contributed by atoms with Crippen LogP contribution in [-0.2, 0) is 0 Å². The number of nitro groups is 1. The largest absolute Gasteiger partial charge is 0.269 e. The summed E-state index contributed by atoms with van der Waals surface area (Å²) in [5.41, 5.74) is 8.32. The second kappa shape index (κ2) is 7.45. The number of allylic oxidation sites excluding steroid dienone is 1. The summed E-state index contributed by atoms with van der Waals surface area (Å²) in [7, 11) is 0. The molecule has 0 radical (unpaired) electrons. The molecule has 4 aromatic rings. The van der Waals surface area contributed by atoms with Crippen LogP contribution < -0.4 is 0 Å². The molecule has 0 saturated carbocycles. The van der Waals surface area contributed by atoms with Crippen LogP contribution in [0.5, 0.6) is 0 Å². The van der Waals surface area contributed by atoms with E-state index in [9.17, 15) is 10.1 Å². The zero-order valence-corrected chi connectivity index (χ0v) is 16.2. The predicted octanol–water partition coefficient (Wildman–Crippen LogP) is 6.70. The maximum absolute atomic E-state index is 11.2. The molecule has 30 heavy (non-hydrogen) atoms. The molecule has 3 nitrogen and oxygen atoms in total. The van der Waals surface area contributed by atoms with E-state index in [0.717, 1.165) is 11.1 Å². The van der Waals surface area contributed by atoms with Crippen molar-refractivity contribution in [3.8, 4) is 0 Å². The summed E-state index contributed by atoms with van der Waals surface area (Å²) in [6.45, 7) is 0. The Hall–Kier alpha value is -3.98. The number of hydrogen-bond donors (Lipinski definition) is 0. The molecule has 0 bridgehead atoms. The standard InChI is InChI=1S/C27H19NO2/c29-28(30)22-17-15-21(16-18-22)27-25(19-9-3-1-4-10-19)23-13-7-8-14-24(23)26(27)20-11-5-2-6-12-20/h1-18,25H. The van der Waals surface area contributed by atoms with Gasteiger partial charge in [0, 0.05) is 18.1 Å². The molecule has 1 unspecified atom stereocenters. The minimum atomic E-state index is -0.353. The summed E-state index contributed by atoms with van der Waals surface area (Å²) < 4.78 is 0. The molecule has 0 N–H and O–H groups in total. The first kappa shape index (κ1) is 18.1. The van der Waals surface area contributed by atoms with Crippen LogP contribution in [0.1, 0.15) is 33.7 Å². The highest BCUT2D eigenvalue weighted by atomic mass is 16.6.